The Morgan fingerprint density at radius 1 is 1.33 bits per heavy atom. The smallest absolute Gasteiger partial charge is 0.234 e. The van der Waals surface area contributed by atoms with Crippen molar-refractivity contribution in [2.75, 3.05) is 12.4 Å². The summed E-state index contributed by atoms with van der Waals surface area (Å²) in [7, 11) is -3.42. The fraction of sp³-hybridized carbons (Fsp3) is 0.625. The van der Waals surface area contributed by atoms with E-state index in [2.05, 4.69) is 23.9 Å². The van der Waals surface area contributed by atoms with Crippen molar-refractivity contribution in [3.63, 3.8) is 0 Å². The van der Waals surface area contributed by atoms with Crippen molar-refractivity contribution in [3.8, 4) is 5.88 Å². The molecule has 0 bridgehead atoms. The number of aryl methyl sites for hydroxylation is 1. The first-order chi connectivity index (χ1) is 11.3. The molecule has 0 radical (unpaired) electrons. The van der Waals surface area contributed by atoms with E-state index in [1.165, 1.54) is 0 Å². The van der Waals surface area contributed by atoms with Crippen LogP contribution in [0.25, 0.3) is 5.65 Å². The molecule has 0 aliphatic heterocycles. The molecule has 2 heterocycles. The number of sulfonamides is 1. The maximum atomic E-state index is 11.1. The van der Waals surface area contributed by atoms with Crippen molar-refractivity contribution >= 4 is 15.7 Å². The van der Waals surface area contributed by atoms with Gasteiger partial charge in [-0.25, -0.2) is 23.1 Å². The second kappa shape index (κ2) is 7.48. The van der Waals surface area contributed by atoms with E-state index < -0.39 is 10.0 Å². The summed E-state index contributed by atoms with van der Waals surface area (Å²) in [5.41, 5.74) is 1.63. The van der Waals surface area contributed by atoms with Gasteiger partial charge >= 0.3 is 0 Å². The number of primary sulfonamides is 1. The number of imidazole rings is 1. The van der Waals surface area contributed by atoms with Gasteiger partial charge in [0, 0.05) is 23.4 Å². The molecule has 0 spiro atoms. The van der Waals surface area contributed by atoms with Crippen LogP contribution in [0.15, 0.2) is 18.5 Å². The predicted octanol–water partition coefficient (Wildman–Crippen LogP) is 2.29. The SMILES string of the molecule is CCC(CC)(CCCS(N)(=O)=O)COc1nn2ccnc2cc1C. The summed E-state index contributed by atoms with van der Waals surface area (Å²) < 4.78 is 30.0. The Morgan fingerprint density at radius 3 is 2.67 bits per heavy atom. The minimum Gasteiger partial charge on any atom is -0.476 e. The van der Waals surface area contributed by atoms with Crippen molar-refractivity contribution in [3.05, 3.63) is 24.0 Å². The standard InChI is InChI=1S/C16H26N4O3S/c1-4-16(5-2,7-6-10-24(17,21)22)12-23-15-13(3)11-14-18-8-9-20(14)19-15/h8-9,11H,4-7,10,12H2,1-3H3,(H2,17,21,22). The van der Waals surface area contributed by atoms with Crippen molar-refractivity contribution in [1.29, 1.82) is 0 Å². The summed E-state index contributed by atoms with van der Waals surface area (Å²) in [6, 6.07) is 1.93. The monoisotopic (exact) mass is 354 g/mol. The van der Waals surface area contributed by atoms with Crippen molar-refractivity contribution in [2.45, 2.75) is 46.5 Å². The Labute approximate surface area is 143 Å². The molecule has 0 atom stereocenters. The number of nitrogens with zero attached hydrogens (tertiary/aromatic N) is 3. The molecule has 0 aliphatic rings. The van der Waals surface area contributed by atoms with Crippen LogP contribution in [0.4, 0.5) is 0 Å². The Bertz CT molecular complexity index is 782. The molecule has 7 nitrogen and oxygen atoms in total. The first-order valence-electron chi connectivity index (χ1n) is 8.23. The Balaban J connectivity index is 2.07. The van der Waals surface area contributed by atoms with Gasteiger partial charge in [0.15, 0.2) is 5.65 Å². The zero-order valence-electron chi connectivity index (χ0n) is 14.5. The zero-order chi connectivity index (χ0) is 17.8. The molecule has 2 N–H and O–H groups in total. The van der Waals surface area contributed by atoms with Crippen molar-refractivity contribution in [2.24, 2.45) is 10.6 Å². The van der Waals surface area contributed by atoms with E-state index in [0.29, 0.717) is 18.9 Å². The number of aromatic nitrogens is 3. The normalized spacial score (nSPS) is 12.7. The summed E-state index contributed by atoms with van der Waals surface area (Å²) >= 11 is 0. The largest absolute Gasteiger partial charge is 0.476 e. The lowest BCUT2D eigenvalue weighted by Gasteiger charge is -2.31. The second-order valence-electron chi connectivity index (χ2n) is 6.33. The third kappa shape index (κ3) is 4.67. The van der Waals surface area contributed by atoms with Gasteiger partial charge in [-0.1, -0.05) is 13.8 Å². The lowest BCUT2D eigenvalue weighted by molar-refractivity contribution is 0.116. The Kier molecular flexibility index (Phi) is 5.82. The van der Waals surface area contributed by atoms with Crippen LogP contribution in [0.5, 0.6) is 5.88 Å². The highest BCUT2D eigenvalue weighted by Crippen LogP contribution is 2.33. The molecule has 2 rings (SSSR count). The fourth-order valence-corrected chi connectivity index (χ4v) is 3.37. The minimum atomic E-state index is -3.42. The predicted molar refractivity (Wildman–Crippen MR) is 93.4 cm³/mol. The van der Waals surface area contributed by atoms with Crippen LogP contribution in [-0.2, 0) is 10.0 Å². The second-order valence-corrected chi connectivity index (χ2v) is 8.06. The first kappa shape index (κ1) is 18.7. The molecule has 0 fully saturated rings. The molecule has 2 aromatic heterocycles. The molecule has 134 valence electrons. The van der Waals surface area contributed by atoms with Crippen LogP contribution in [0.1, 0.15) is 45.1 Å². The number of rotatable bonds is 9. The van der Waals surface area contributed by atoms with E-state index in [9.17, 15) is 8.42 Å². The van der Waals surface area contributed by atoms with E-state index in [-0.39, 0.29) is 11.2 Å². The maximum Gasteiger partial charge on any atom is 0.234 e. The van der Waals surface area contributed by atoms with Crippen molar-refractivity contribution < 1.29 is 13.2 Å². The number of hydrogen-bond acceptors (Lipinski definition) is 5. The fourth-order valence-electron chi connectivity index (χ4n) is 2.82. The molecule has 24 heavy (non-hydrogen) atoms. The summed E-state index contributed by atoms with van der Waals surface area (Å²) in [4.78, 5) is 4.20. The average molecular weight is 354 g/mol. The van der Waals surface area contributed by atoms with Crippen LogP contribution < -0.4 is 9.88 Å². The zero-order valence-corrected chi connectivity index (χ0v) is 15.3. The van der Waals surface area contributed by atoms with Gasteiger partial charge < -0.3 is 4.74 Å². The van der Waals surface area contributed by atoms with Gasteiger partial charge in [0.25, 0.3) is 0 Å². The van der Waals surface area contributed by atoms with E-state index in [1.54, 1.807) is 16.9 Å². The van der Waals surface area contributed by atoms with Gasteiger partial charge in [-0.15, -0.1) is 5.10 Å². The highest BCUT2D eigenvalue weighted by atomic mass is 32.2. The van der Waals surface area contributed by atoms with Crippen LogP contribution in [0.2, 0.25) is 0 Å². The third-order valence-electron chi connectivity index (χ3n) is 4.68. The lowest BCUT2D eigenvalue weighted by atomic mass is 9.79. The Hall–Kier alpha value is -1.67. The molecule has 2 aromatic rings. The molecular weight excluding hydrogens is 328 g/mol. The van der Waals surface area contributed by atoms with Gasteiger partial charge in [-0.05, 0) is 38.7 Å². The summed E-state index contributed by atoms with van der Waals surface area (Å²) in [6.45, 7) is 6.64. The van der Waals surface area contributed by atoms with Gasteiger partial charge in [-0.3, -0.25) is 0 Å². The van der Waals surface area contributed by atoms with Gasteiger partial charge in [0.2, 0.25) is 15.9 Å². The maximum absolute atomic E-state index is 11.1. The lowest BCUT2D eigenvalue weighted by Crippen LogP contribution is -2.29. The van der Waals surface area contributed by atoms with Gasteiger partial charge in [0.1, 0.15) is 0 Å². The van der Waals surface area contributed by atoms with E-state index in [4.69, 9.17) is 9.88 Å². The van der Waals surface area contributed by atoms with Crippen LogP contribution >= 0.6 is 0 Å². The molecular formula is C16H26N4O3S. The molecule has 0 unspecified atom stereocenters. The molecule has 0 amide bonds. The molecule has 0 aromatic carbocycles. The molecule has 0 saturated heterocycles. The number of hydrogen-bond donors (Lipinski definition) is 1. The third-order valence-corrected chi connectivity index (χ3v) is 5.54. The number of nitrogens with two attached hydrogens (primary N) is 1. The van der Waals surface area contributed by atoms with Gasteiger partial charge in [-0.2, -0.15) is 0 Å². The summed E-state index contributed by atoms with van der Waals surface area (Å²) in [5.74, 6) is 0.589. The minimum absolute atomic E-state index is 0.00697. The van der Waals surface area contributed by atoms with Crippen LogP contribution in [-0.4, -0.2) is 35.4 Å². The molecule has 8 heteroatoms. The Morgan fingerprint density at radius 2 is 2.04 bits per heavy atom. The summed E-state index contributed by atoms with van der Waals surface area (Å²) in [6.07, 6.45) is 6.57. The quantitative estimate of drug-likeness (QED) is 0.745. The average Bonchev–Trinajstić information content (AvgIpc) is 2.96. The highest BCUT2D eigenvalue weighted by molar-refractivity contribution is 7.89. The topological polar surface area (TPSA) is 99.6 Å². The molecule has 0 aliphatic carbocycles. The first-order valence-corrected chi connectivity index (χ1v) is 9.94. The summed E-state index contributed by atoms with van der Waals surface area (Å²) in [5, 5.41) is 9.54. The van der Waals surface area contributed by atoms with Gasteiger partial charge in [0.05, 0.1) is 12.4 Å². The number of fused-ring (bicyclic) bond motifs is 1. The van der Waals surface area contributed by atoms with E-state index in [0.717, 1.165) is 30.5 Å². The van der Waals surface area contributed by atoms with E-state index in [1.807, 2.05) is 13.0 Å². The highest BCUT2D eigenvalue weighted by Gasteiger charge is 2.28. The van der Waals surface area contributed by atoms with Crippen molar-refractivity contribution in [1.82, 2.24) is 14.6 Å². The van der Waals surface area contributed by atoms with E-state index >= 15 is 0 Å². The molecule has 0 saturated carbocycles. The number of ether oxygens (including phenoxy) is 1. The van der Waals surface area contributed by atoms with Crippen LogP contribution in [0.3, 0.4) is 0 Å². The van der Waals surface area contributed by atoms with Crippen LogP contribution in [0, 0.1) is 12.3 Å².